The largest absolute Gasteiger partial charge is 0.416 e. The van der Waals surface area contributed by atoms with Crippen molar-refractivity contribution in [2.45, 2.75) is 19.5 Å². The Morgan fingerprint density at radius 3 is 2.18 bits per heavy atom. The zero-order chi connectivity index (χ0) is 16.2. The molecule has 0 heterocycles. The van der Waals surface area contributed by atoms with Crippen LogP contribution in [0.25, 0.3) is 0 Å². The van der Waals surface area contributed by atoms with Crippen LogP contribution in [0.5, 0.6) is 0 Å². The van der Waals surface area contributed by atoms with Crippen molar-refractivity contribution in [2.24, 2.45) is 0 Å². The van der Waals surface area contributed by atoms with Crippen LogP contribution in [0.15, 0.2) is 48.5 Å². The quantitative estimate of drug-likeness (QED) is 0.831. The van der Waals surface area contributed by atoms with E-state index in [-0.39, 0.29) is 5.69 Å². The third-order valence-corrected chi connectivity index (χ3v) is 3.04. The van der Waals surface area contributed by atoms with E-state index in [1.165, 1.54) is 12.1 Å². The first kappa shape index (κ1) is 15.9. The molecule has 0 unspecified atom stereocenters. The zero-order valence-corrected chi connectivity index (χ0v) is 11.9. The molecule has 6 heteroatoms. The van der Waals surface area contributed by atoms with Gasteiger partial charge in [-0.2, -0.15) is 13.2 Å². The molecule has 22 heavy (non-hydrogen) atoms. The minimum absolute atomic E-state index is 0.0824. The molecule has 0 saturated heterocycles. The van der Waals surface area contributed by atoms with Gasteiger partial charge in [-0.05, 0) is 42.3 Å². The van der Waals surface area contributed by atoms with E-state index < -0.39 is 17.8 Å². The number of rotatable bonds is 3. The lowest BCUT2D eigenvalue weighted by molar-refractivity contribution is -0.137. The van der Waals surface area contributed by atoms with Crippen LogP contribution in [-0.2, 0) is 12.6 Å². The lowest BCUT2D eigenvalue weighted by atomic mass is 10.1. The fourth-order valence-electron chi connectivity index (χ4n) is 1.94. The molecule has 0 fully saturated rings. The van der Waals surface area contributed by atoms with Crippen LogP contribution in [0.4, 0.5) is 29.3 Å². The van der Waals surface area contributed by atoms with Crippen molar-refractivity contribution in [2.75, 3.05) is 10.6 Å². The minimum atomic E-state index is -4.44. The molecule has 2 aromatic carbocycles. The average Bonchev–Trinajstić information content (AvgIpc) is 2.46. The molecular weight excluding hydrogens is 293 g/mol. The number of amides is 2. The molecule has 116 valence electrons. The van der Waals surface area contributed by atoms with Gasteiger partial charge in [-0.25, -0.2) is 4.79 Å². The van der Waals surface area contributed by atoms with Gasteiger partial charge in [0.05, 0.1) is 5.56 Å². The van der Waals surface area contributed by atoms with Crippen molar-refractivity contribution in [1.82, 2.24) is 0 Å². The Kier molecular flexibility index (Phi) is 4.70. The fraction of sp³-hybridized carbons (Fsp3) is 0.188. The normalized spacial score (nSPS) is 11.1. The number of carbonyl (C=O) groups is 1. The fourth-order valence-corrected chi connectivity index (χ4v) is 1.94. The maximum absolute atomic E-state index is 12.6. The molecular formula is C16H15F3N2O. The summed E-state index contributed by atoms with van der Waals surface area (Å²) in [5, 5.41) is 4.98. The minimum Gasteiger partial charge on any atom is -0.308 e. The molecule has 0 radical (unpaired) electrons. The molecule has 0 bridgehead atoms. The Hall–Kier alpha value is -2.50. The van der Waals surface area contributed by atoms with Gasteiger partial charge in [-0.3, -0.25) is 0 Å². The third kappa shape index (κ3) is 4.25. The van der Waals surface area contributed by atoms with Gasteiger partial charge in [0, 0.05) is 11.4 Å². The van der Waals surface area contributed by atoms with Crippen LogP contribution in [-0.4, -0.2) is 6.03 Å². The van der Waals surface area contributed by atoms with Crippen LogP contribution >= 0.6 is 0 Å². The van der Waals surface area contributed by atoms with E-state index in [1.807, 2.05) is 19.1 Å². The molecule has 0 saturated carbocycles. The van der Waals surface area contributed by atoms with E-state index in [0.29, 0.717) is 5.69 Å². The van der Waals surface area contributed by atoms with Gasteiger partial charge in [0.1, 0.15) is 0 Å². The van der Waals surface area contributed by atoms with E-state index in [2.05, 4.69) is 10.6 Å². The SMILES string of the molecule is CCc1cccc(NC(=O)Nc2cccc(C(F)(F)F)c2)c1. The van der Waals surface area contributed by atoms with Crippen LogP contribution in [0, 0.1) is 0 Å². The first-order valence-electron chi connectivity index (χ1n) is 6.72. The third-order valence-electron chi connectivity index (χ3n) is 3.04. The number of alkyl halides is 3. The van der Waals surface area contributed by atoms with Crippen molar-refractivity contribution in [3.8, 4) is 0 Å². The van der Waals surface area contributed by atoms with Gasteiger partial charge in [-0.1, -0.05) is 25.1 Å². The van der Waals surface area contributed by atoms with E-state index in [4.69, 9.17) is 0 Å². The summed E-state index contributed by atoms with van der Waals surface area (Å²) >= 11 is 0. The molecule has 2 rings (SSSR count). The lowest BCUT2D eigenvalue weighted by Crippen LogP contribution is -2.19. The predicted molar refractivity (Wildman–Crippen MR) is 79.9 cm³/mol. The summed E-state index contributed by atoms with van der Waals surface area (Å²) in [6, 6.07) is 11.2. The lowest BCUT2D eigenvalue weighted by Gasteiger charge is -2.11. The number of hydrogen-bond acceptors (Lipinski definition) is 1. The molecule has 0 spiro atoms. The monoisotopic (exact) mass is 308 g/mol. The molecule has 0 aliphatic rings. The summed E-state index contributed by atoms with van der Waals surface area (Å²) in [4.78, 5) is 11.8. The number of urea groups is 1. The Labute approximate surface area is 126 Å². The highest BCUT2D eigenvalue weighted by Gasteiger charge is 2.30. The van der Waals surface area contributed by atoms with Crippen LogP contribution in [0.1, 0.15) is 18.1 Å². The van der Waals surface area contributed by atoms with Gasteiger partial charge >= 0.3 is 12.2 Å². The summed E-state index contributed by atoms with van der Waals surface area (Å²) in [6.07, 6.45) is -3.62. The second-order valence-corrected chi connectivity index (χ2v) is 4.71. The number of halogens is 3. The topological polar surface area (TPSA) is 41.1 Å². The molecule has 2 aromatic rings. The smallest absolute Gasteiger partial charge is 0.308 e. The van der Waals surface area contributed by atoms with E-state index in [9.17, 15) is 18.0 Å². The van der Waals surface area contributed by atoms with E-state index >= 15 is 0 Å². The number of hydrogen-bond donors (Lipinski definition) is 2. The van der Waals surface area contributed by atoms with Crippen molar-refractivity contribution in [3.63, 3.8) is 0 Å². The number of anilines is 2. The van der Waals surface area contributed by atoms with Crippen LogP contribution < -0.4 is 10.6 Å². The zero-order valence-electron chi connectivity index (χ0n) is 11.9. The van der Waals surface area contributed by atoms with E-state index in [0.717, 1.165) is 24.1 Å². The Balaban J connectivity index is 2.06. The Bertz CT molecular complexity index is 668. The number of nitrogens with one attached hydrogen (secondary N) is 2. The maximum atomic E-state index is 12.6. The van der Waals surface area contributed by atoms with Gasteiger partial charge in [-0.15, -0.1) is 0 Å². The highest BCUT2D eigenvalue weighted by atomic mass is 19.4. The summed E-state index contributed by atoms with van der Waals surface area (Å²) in [5.41, 5.74) is 0.915. The number of aryl methyl sites for hydroxylation is 1. The van der Waals surface area contributed by atoms with Gasteiger partial charge in [0.15, 0.2) is 0 Å². The second kappa shape index (κ2) is 6.51. The molecule has 0 aliphatic heterocycles. The van der Waals surface area contributed by atoms with Crippen molar-refractivity contribution < 1.29 is 18.0 Å². The highest BCUT2D eigenvalue weighted by Crippen LogP contribution is 2.30. The summed E-state index contributed by atoms with van der Waals surface area (Å²) in [6.45, 7) is 1.99. The molecule has 0 aromatic heterocycles. The second-order valence-electron chi connectivity index (χ2n) is 4.71. The standard InChI is InChI=1S/C16H15F3N2O/c1-2-11-5-3-7-13(9-11)20-15(22)21-14-8-4-6-12(10-14)16(17,18)19/h3-10H,2H2,1H3,(H2,20,21,22). The van der Waals surface area contributed by atoms with Crippen LogP contribution in [0.3, 0.4) is 0 Å². The molecule has 2 amide bonds. The van der Waals surface area contributed by atoms with Crippen molar-refractivity contribution in [1.29, 1.82) is 0 Å². The first-order valence-corrected chi connectivity index (χ1v) is 6.72. The molecule has 0 aliphatic carbocycles. The first-order chi connectivity index (χ1) is 10.4. The summed E-state index contributed by atoms with van der Waals surface area (Å²) in [7, 11) is 0. The Morgan fingerprint density at radius 2 is 1.59 bits per heavy atom. The number of benzene rings is 2. The molecule has 3 nitrogen and oxygen atoms in total. The van der Waals surface area contributed by atoms with Gasteiger partial charge in [0.25, 0.3) is 0 Å². The number of carbonyl (C=O) groups excluding carboxylic acids is 1. The summed E-state index contributed by atoms with van der Waals surface area (Å²) < 4.78 is 37.8. The maximum Gasteiger partial charge on any atom is 0.416 e. The summed E-state index contributed by atoms with van der Waals surface area (Å²) in [5.74, 6) is 0. The highest BCUT2D eigenvalue weighted by molar-refractivity contribution is 5.99. The Morgan fingerprint density at radius 1 is 1.00 bits per heavy atom. The van der Waals surface area contributed by atoms with Gasteiger partial charge < -0.3 is 10.6 Å². The van der Waals surface area contributed by atoms with Crippen molar-refractivity contribution >= 4 is 17.4 Å². The molecule has 0 atom stereocenters. The van der Waals surface area contributed by atoms with Crippen LogP contribution in [0.2, 0.25) is 0 Å². The van der Waals surface area contributed by atoms with E-state index in [1.54, 1.807) is 12.1 Å². The molecule has 2 N–H and O–H groups in total. The van der Waals surface area contributed by atoms with Crippen molar-refractivity contribution in [3.05, 3.63) is 59.7 Å². The average molecular weight is 308 g/mol. The van der Waals surface area contributed by atoms with Gasteiger partial charge in [0.2, 0.25) is 0 Å². The predicted octanol–water partition coefficient (Wildman–Crippen LogP) is 4.91.